The Hall–Kier alpha value is -0.510. The Kier molecular flexibility index (Phi) is 5.10. The van der Waals surface area contributed by atoms with Crippen LogP contribution in [0.15, 0.2) is 30.3 Å². The lowest BCUT2D eigenvalue weighted by Crippen LogP contribution is -2.28. The minimum Gasteiger partial charge on any atom is -0.307 e. The molecule has 0 aliphatic heterocycles. The lowest BCUT2D eigenvalue weighted by Gasteiger charge is -2.18. The summed E-state index contributed by atoms with van der Waals surface area (Å²) < 4.78 is 1.39. The quantitative estimate of drug-likeness (QED) is 0.823. The average Bonchev–Trinajstić information content (AvgIpc) is 2.80. The van der Waals surface area contributed by atoms with Crippen LogP contribution < -0.4 is 5.32 Å². The number of benzene rings is 1. The molecule has 0 amide bonds. The predicted octanol–water partition coefficient (Wildman–Crippen LogP) is 4.69. The third-order valence-electron chi connectivity index (χ3n) is 3.16. The van der Waals surface area contributed by atoms with E-state index in [1.54, 1.807) is 0 Å². The summed E-state index contributed by atoms with van der Waals surface area (Å²) in [5.41, 5.74) is 0. The zero-order chi connectivity index (χ0) is 13.0. The second-order valence-electron chi connectivity index (χ2n) is 4.76. The molecule has 1 N–H and O–H groups in total. The monoisotopic (exact) mass is 279 g/mol. The summed E-state index contributed by atoms with van der Waals surface area (Å²) in [6, 6.07) is 12.0. The first-order chi connectivity index (χ1) is 8.70. The number of fused-ring (bicyclic) bond motifs is 1. The molecule has 1 aromatic carbocycles. The molecule has 1 nitrogen and oxygen atoms in total. The highest BCUT2D eigenvalue weighted by molar-refractivity contribution is 7.98. The van der Waals surface area contributed by atoms with Crippen molar-refractivity contribution in [3.8, 4) is 0 Å². The van der Waals surface area contributed by atoms with Crippen molar-refractivity contribution in [1.82, 2.24) is 5.32 Å². The first-order valence-corrected chi connectivity index (χ1v) is 8.65. The second kappa shape index (κ2) is 6.60. The summed E-state index contributed by atoms with van der Waals surface area (Å²) in [5.74, 6) is 1.23. The van der Waals surface area contributed by atoms with E-state index in [1.165, 1.54) is 27.1 Å². The lowest BCUT2D eigenvalue weighted by atomic mass is 10.2. The molecule has 18 heavy (non-hydrogen) atoms. The molecule has 0 saturated heterocycles. The van der Waals surface area contributed by atoms with Crippen LogP contribution in [0.3, 0.4) is 0 Å². The third-order valence-corrected chi connectivity index (χ3v) is 5.10. The summed E-state index contributed by atoms with van der Waals surface area (Å²) >= 11 is 3.82. The topological polar surface area (TPSA) is 12.0 Å². The van der Waals surface area contributed by atoms with E-state index in [4.69, 9.17) is 0 Å². The van der Waals surface area contributed by atoms with Crippen molar-refractivity contribution in [3.05, 3.63) is 35.2 Å². The van der Waals surface area contributed by atoms with E-state index in [0.717, 1.165) is 0 Å². The van der Waals surface area contributed by atoms with E-state index < -0.39 is 0 Å². The van der Waals surface area contributed by atoms with Crippen molar-refractivity contribution in [2.75, 3.05) is 12.0 Å². The minimum atomic E-state index is 0.444. The molecular weight excluding hydrogens is 258 g/mol. The smallest absolute Gasteiger partial charge is 0.0388 e. The van der Waals surface area contributed by atoms with Crippen LogP contribution in [0, 0.1) is 0 Å². The molecule has 2 aromatic rings. The van der Waals surface area contributed by atoms with Crippen LogP contribution in [0.4, 0.5) is 0 Å². The van der Waals surface area contributed by atoms with E-state index in [-0.39, 0.29) is 0 Å². The van der Waals surface area contributed by atoms with Crippen LogP contribution in [0.5, 0.6) is 0 Å². The molecule has 3 heteroatoms. The van der Waals surface area contributed by atoms with Crippen LogP contribution in [0.2, 0.25) is 0 Å². The third kappa shape index (κ3) is 3.50. The molecule has 0 fully saturated rings. The number of rotatable bonds is 6. The second-order valence-corrected chi connectivity index (χ2v) is 6.86. The minimum absolute atomic E-state index is 0.444. The van der Waals surface area contributed by atoms with Crippen molar-refractivity contribution >= 4 is 33.2 Å². The maximum absolute atomic E-state index is 3.69. The van der Waals surface area contributed by atoms with Crippen LogP contribution >= 0.6 is 23.1 Å². The highest BCUT2D eigenvalue weighted by Gasteiger charge is 2.11. The Morgan fingerprint density at radius 2 is 2.06 bits per heavy atom. The first-order valence-electron chi connectivity index (χ1n) is 6.44. The fourth-order valence-electron chi connectivity index (χ4n) is 2.10. The van der Waals surface area contributed by atoms with Crippen LogP contribution in [0.1, 0.15) is 31.2 Å². The van der Waals surface area contributed by atoms with E-state index >= 15 is 0 Å². The summed E-state index contributed by atoms with van der Waals surface area (Å²) in [4.78, 5) is 1.44. The van der Waals surface area contributed by atoms with Gasteiger partial charge in [-0.1, -0.05) is 18.2 Å². The summed E-state index contributed by atoms with van der Waals surface area (Å²) in [6.45, 7) is 4.54. The summed E-state index contributed by atoms with van der Waals surface area (Å²) in [6.07, 6.45) is 3.40. The molecule has 2 rings (SSSR count). The molecule has 98 valence electrons. The molecule has 2 unspecified atom stereocenters. The van der Waals surface area contributed by atoms with Crippen molar-refractivity contribution < 1.29 is 0 Å². The maximum Gasteiger partial charge on any atom is 0.0388 e. The molecule has 1 aromatic heterocycles. The normalized spacial score (nSPS) is 14.8. The molecule has 0 aliphatic rings. The van der Waals surface area contributed by atoms with Gasteiger partial charge in [-0.25, -0.2) is 0 Å². The zero-order valence-corrected chi connectivity index (χ0v) is 12.9. The fourth-order valence-corrected chi connectivity index (χ4v) is 3.77. The van der Waals surface area contributed by atoms with Crippen LogP contribution in [-0.4, -0.2) is 18.1 Å². The Balaban J connectivity index is 2.01. The highest BCUT2D eigenvalue weighted by atomic mass is 32.2. The Morgan fingerprint density at radius 1 is 1.28 bits per heavy atom. The van der Waals surface area contributed by atoms with Gasteiger partial charge in [0.25, 0.3) is 0 Å². The average molecular weight is 279 g/mol. The molecule has 2 atom stereocenters. The molecular formula is C15H21NS2. The largest absolute Gasteiger partial charge is 0.307 e. The Labute approximate surface area is 118 Å². The van der Waals surface area contributed by atoms with Gasteiger partial charge in [0.05, 0.1) is 0 Å². The molecule has 0 bridgehead atoms. The molecule has 0 spiro atoms. The van der Waals surface area contributed by atoms with E-state index in [2.05, 4.69) is 55.8 Å². The van der Waals surface area contributed by atoms with Gasteiger partial charge in [0.2, 0.25) is 0 Å². The molecule has 0 saturated carbocycles. The van der Waals surface area contributed by atoms with Crippen molar-refractivity contribution in [1.29, 1.82) is 0 Å². The van der Waals surface area contributed by atoms with Gasteiger partial charge in [0.1, 0.15) is 0 Å². The number of thiophene rings is 1. The van der Waals surface area contributed by atoms with Gasteiger partial charge >= 0.3 is 0 Å². The van der Waals surface area contributed by atoms with Gasteiger partial charge in [-0.2, -0.15) is 11.8 Å². The number of hydrogen-bond donors (Lipinski definition) is 1. The Bertz CT molecular complexity index is 459. The standard InChI is InChI=1S/C15H21NS2/c1-11(8-9-17-3)16-12(2)15-10-13-6-4-5-7-14(13)18-15/h4-7,10-12,16H,8-9H2,1-3H3. The fraction of sp³-hybridized carbons (Fsp3) is 0.467. The Morgan fingerprint density at radius 3 is 2.78 bits per heavy atom. The SMILES string of the molecule is CSCCC(C)NC(C)c1cc2ccccc2s1. The summed E-state index contributed by atoms with van der Waals surface area (Å²) in [7, 11) is 0. The first kappa shape index (κ1) is 13.9. The van der Waals surface area contributed by atoms with Gasteiger partial charge in [-0.3, -0.25) is 0 Å². The number of nitrogens with one attached hydrogen (secondary N) is 1. The summed E-state index contributed by atoms with van der Waals surface area (Å²) in [5, 5.41) is 5.05. The lowest BCUT2D eigenvalue weighted by molar-refractivity contribution is 0.476. The van der Waals surface area contributed by atoms with Gasteiger partial charge < -0.3 is 5.32 Å². The van der Waals surface area contributed by atoms with Crippen molar-refractivity contribution in [3.63, 3.8) is 0 Å². The number of hydrogen-bond acceptors (Lipinski definition) is 3. The van der Waals surface area contributed by atoms with Crippen LogP contribution in [0.25, 0.3) is 10.1 Å². The molecule has 0 radical (unpaired) electrons. The van der Waals surface area contributed by atoms with E-state index in [9.17, 15) is 0 Å². The van der Waals surface area contributed by atoms with Gasteiger partial charge in [0, 0.05) is 21.7 Å². The van der Waals surface area contributed by atoms with Gasteiger partial charge in [0.15, 0.2) is 0 Å². The van der Waals surface area contributed by atoms with Gasteiger partial charge in [-0.15, -0.1) is 11.3 Å². The molecule has 1 heterocycles. The maximum atomic E-state index is 3.69. The predicted molar refractivity (Wildman–Crippen MR) is 85.8 cm³/mol. The van der Waals surface area contributed by atoms with E-state index in [1.807, 2.05) is 23.1 Å². The van der Waals surface area contributed by atoms with Crippen LogP contribution in [-0.2, 0) is 0 Å². The van der Waals surface area contributed by atoms with E-state index in [0.29, 0.717) is 12.1 Å². The van der Waals surface area contributed by atoms with Crippen molar-refractivity contribution in [2.45, 2.75) is 32.4 Å². The van der Waals surface area contributed by atoms with Gasteiger partial charge in [-0.05, 0) is 49.8 Å². The molecule has 0 aliphatic carbocycles. The highest BCUT2D eigenvalue weighted by Crippen LogP contribution is 2.29. The van der Waals surface area contributed by atoms with Crippen molar-refractivity contribution in [2.24, 2.45) is 0 Å². The number of thioether (sulfide) groups is 1. The zero-order valence-electron chi connectivity index (χ0n) is 11.3.